The zero-order chi connectivity index (χ0) is 7.28. The van der Waals surface area contributed by atoms with Gasteiger partial charge < -0.3 is 5.21 Å². The number of ketones is 1. The van der Waals surface area contributed by atoms with E-state index in [9.17, 15) is 4.79 Å². The molecule has 0 bridgehead atoms. The van der Waals surface area contributed by atoms with Crippen LogP contribution in [0.25, 0.3) is 0 Å². The number of allylic oxidation sites excluding steroid dienone is 2. The van der Waals surface area contributed by atoms with E-state index in [1.165, 1.54) is 19.1 Å². The Balaban J connectivity index is 3.86. The van der Waals surface area contributed by atoms with Gasteiger partial charge in [-0.15, -0.1) is 0 Å². The Morgan fingerprint density at radius 1 is 1.44 bits per heavy atom. The molecule has 0 aliphatic rings. The monoisotopic (exact) mass is 127 g/mol. The van der Waals surface area contributed by atoms with Crippen LogP contribution in [0.3, 0.4) is 0 Å². The van der Waals surface area contributed by atoms with Crippen LogP contribution in [0.15, 0.2) is 17.3 Å². The van der Waals surface area contributed by atoms with Crippen LogP contribution < -0.4 is 0 Å². The van der Waals surface area contributed by atoms with Gasteiger partial charge in [-0.05, 0) is 26.0 Å². The van der Waals surface area contributed by atoms with Crippen LogP contribution >= 0.6 is 0 Å². The van der Waals surface area contributed by atoms with Crippen molar-refractivity contribution in [2.45, 2.75) is 13.8 Å². The number of oxime groups is 1. The van der Waals surface area contributed by atoms with Crippen LogP contribution in [-0.4, -0.2) is 16.7 Å². The van der Waals surface area contributed by atoms with E-state index < -0.39 is 0 Å². The maximum atomic E-state index is 10.2. The highest BCUT2D eigenvalue weighted by atomic mass is 16.4. The Hall–Kier alpha value is -1.12. The predicted molar refractivity (Wildman–Crippen MR) is 34.7 cm³/mol. The third-order valence-electron chi connectivity index (χ3n) is 0.717. The molecule has 0 heterocycles. The molecule has 0 aliphatic carbocycles. The third-order valence-corrected chi connectivity index (χ3v) is 0.717. The average molecular weight is 127 g/mol. The molecule has 1 N–H and O–H groups in total. The SMILES string of the molecule is CC(=O)/C=C/C(C)=N\O. The molecule has 0 aromatic heterocycles. The van der Waals surface area contributed by atoms with E-state index in [4.69, 9.17) is 5.21 Å². The molecule has 0 aromatic rings. The lowest BCUT2D eigenvalue weighted by atomic mass is 10.3. The van der Waals surface area contributed by atoms with Crippen LogP contribution in [-0.2, 0) is 4.79 Å². The van der Waals surface area contributed by atoms with Crippen molar-refractivity contribution in [3.63, 3.8) is 0 Å². The van der Waals surface area contributed by atoms with Gasteiger partial charge in [0, 0.05) is 0 Å². The molecule has 0 aromatic carbocycles. The lowest BCUT2D eigenvalue weighted by molar-refractivity contribution is -0.112. The number of hydrogen-bond acceptors (Lipinski definition) is 3. The van der Waals surface area contributed by atoms with Crippen molar-refractivity contribution in [2.75, 3.05) is 0 Å². The molecule has 3 nitrogen and oxygen atoms in total. The summed E-state index contributed by atoms with van der Waals surface area (Å²) < 4.78 is 0. The number of hydrogen-bond donors (Lipinski definition) is 1. The Morgan fingerprint density at radius 3 is 2.33 bits per heavy atom. The van der Waals surface area contributed by atoms with Crippen LogP contribution in [0.1, 0.15) is 13.8 Å². The molecule has 0 radical (unpaired) electrons. The molecule has 0 fully saturated rings. The van der Waals surface area contributed by atoms with Gasteiger partial charge in [0.15, 0.2) is 5.78 Å². The standard InChI is InChI=1S/C6H9NO2/c1-5(7-9)3-4-6(2)8/h3-4,9H,1-2H3/b4-3+,7-5-. The van der Waals surface area contributed by atoms with Crippen molar-refractivity contribution >= 4 is 11.5 Å². The molecular weight excluding hydrogens is 118 g/mol. The van der Waals surface area contributed by atoms with Crippen molar-refractivity contribution in [2.24, 2.45) is 5.16 Å². The second kappa shape index (κ2) is 3.83. The first-order valence-corrected chi connectivity index (χ1v) is 2.54. The van der Waals surface area contributed by atoms with Crippen molar-refractivity contribution in [1.82, 2.24) is 0 Å². The van der Waals surface area contributed by atoms with Gasteiger partial charge in [0.1, 0.15) is 0 Å². The van der Waals surface area contributed by atoms with Crippen molar-refractivity contribution < 1.29 is 10.0 Å². The average Bonchev–Trinajstić information content (AvgIpc) is 1.83. The third kappa shape index (κ3) is 4.74. The minimum absolute atomic E-state index is 0.0574. The summed E-state index contributed by atoms with van der Waals surface area (Å²) in [6, 6.07) is 0. The first-order valence-electron chi connectivity index (χ1n) is 2.54. The number of carbonyl (C=O) groups is 1. The first-order chi connectivity index (χ1) is 4.16. The van der Waals surface area contributed by atoms with E-state index in [0.29, 0.717) is 5.71 Å². The van der Waals surface area contributed by atoms with E-state index in [1.807, 2.05) is 0 Å². The Kier molecular flexibility index (Phi) is 3.35. The molecule has 0 rings (SSSR count). The Bertz CT molecular complexity index is 158. The van der Waals surface area contributed by atoms with E-state index in [2.05, 4.69) is 5.16 Å². The van der Waals surface area contributed by atoms with E-state index in [1.54, 1.807) is 6.92 Å². The molecule has 50 valence electrons. The summed E-state index contributed by atoms with van der Waals surface area (Å²) in [6.07, 6.45) is 2.79. The molecule has 0 saturated heterocycles. The number of rotatable bonds is 2. The maximum absolute atomic E-state index is 10.2. The smallest absolute Gasteiger partial charge is 0.152 e. The quantitative estimate of drug-likeness (QED) is 0.260. The lowest BCUT2D eigenvalue weighted by Gasteiger charge is -1.81. The molecule has 0 unspecified atom stereocenters. The minimum Gasteiger partial charge on any atom is -0.411 e. The normalized spacial score (nSPS) is 12.4. The van der Waals surface area contributed by atoms with Crippen LogP contribution in [0.5, 0.6) is 0 Å². The van der Waals surface area contributed by atoms with Crippen molar-refractivity contribution in [3.8, 4) is 0 Å². The van der Waals surface area contributed by atoms with Crippen molar-refractivity contribution in [1.29, 1.82) is 0 Å². The summed E-state index contributed by atoms with van der Waals surface area (Å²) in [5.74, 6) is -0.0574. The van der Waals surface area contributed by atoms with Crippen LogP contribution in [0.4, 0.5) is 0 Å². The fourth-order valence-electron chi connectivity index (χ4n) is 0.271. The molecule has 0 spiro atoms. The van der Waals surface area contributed by atoms with Crippen molar-refractivity contribution in [3.05, 3.63) is 12.2 Å². The summed E-state index contributed by atoms with van der Waals surface area (Å²) in [4.78, 5) is 10.2. The number of nitrogens with zero attached hydrogens (tertiary/aromatic N) is 1. The van der Waals surface area contributed by atoms with E-state index >= 15 is 0 Å². The minimum atomic E-state index is -0.0574. The predicted octanol–water partition coefficient (Wildman–Crippen LogP) is 0.982. The largest absolute Gasteiger partial charge is 0.411 e. The summed E-state index contributed by atoms with van der Waals surface area (Å²) >= 11 is 0. The van der Waals surface area contributed by atoms with Gasteiger partial charge >= 0.3 is 0 Å². The summed E-state index contributed by atoms with van der Waals surface area (Å²) in [5, 5.41) is 10.9. The van der Waals surface area contributed by atoms with Crippen LogP contribution in [0, 0.1) is 0 Å². The molecule has 0 aliphatic heterocycles. The summed E-state index contributed by atoms with van der Waals surface area (Å²) in [7, 11) is 0. The fraction of sp³-hybridized carbons (Fsp3) is 0.333. The van der Waals surface area contributed by atoms with Gasteiger partial charge in [-0.25, -0.2) is 0 Å². The summed E-state index contributed by atoms with van der Waals surface area (Å²) in [5.41, 5.74) is 0.421. The topological polar surface area (TPSA) is 49.7 Å². The summed E-state index contributed by atoms with van der Waals surface area (Å²) in [6.45, 7) is 3.03. The van der Waals surface area contributed by atoms with Gasteiger partial charge in [0.05, 0.1) is 5.71 Å². The number of carbonyl (C=O) groups excluding carboxylic acids is 1. The molecule has 0 atom stereocenters. The zero-order valence-electron chi connectivity index (χ0n) is 5.46. The molecule has 0 saturated carbocycles. The van der Waals surface area contributed by atoms with Gasteiger partial charge in [0.25, 0.3) is 0 Å². The first kappa shape index (κ1) is 7.88. The van der Waals surface area contributed by atoms with Gasteiger partial charge in [0.2, 0.25) is 0 Å². The Morgan fingerprint density at radius 2 is 2.00 bits per heavy atom. The molecule has 3 heteroatoms. The van der Waals surface area contributed by atoms with Crippen LogP contribution in [0.2, 0.25) is 0 Å². The molecule has 0 amide bonds. The highest BCUT2D eigenvalue weighted by Gasteiger charge is 1.83. The Labute approximate surface area is 53.7 Å². The molecular formula is C6H9NO2. The van der Waals surface area contributed by atoms with Gasteiger partial charge in [-0.2, -0.15) is 0 Å². The highest BCUT2D eigenvalue weighted by molar-refractivity contribution is 5.99. The highest BCUT2D eigenvalue weighted by Crippen LogP contribution is 1.79. The lowest BCUT2D eigenvalue weighted by Crippen LogP contribution is -1.86. The second-order valence-electron chi connectivity index (χ2n) is 1.69. The maximum Gasteiger partial charge on any atom is 0.152 e. The fourth-order valence-corrected chi connectivity index (χ4v) is 0.271. The van der Waals surface area contributed by atoms with E-state index in [-0.39, 0.29) is 5.78 Å². The van der Waals surface area contributed by atoms with Gasteiger partial charge in [-0.3, -0.25) is 4.79 Å². The second-order valence-corrected chi connectivity index (χ2v) is 1.69. The van der Waals surface area contributed by atoms with E-state index in [0.717, 1.165) is 0 Å². The molecule has 9 heavy (non-hydrogen) atoms. The van der Waals surface area contributed by atoms with Gasteiger partial charge in [-0.1, -0.05) is 5.16 Å². The zero-order valence-corrected chi connectivity index (χ0v) is 5.46.